The van der Waals surface area contributed by atoms with Crippen LogP contribution in [0.1, 0.15) is 25.7 Å². The molecule has 7 heteroatoms. The lowest BCUT2D eigenvalue weighted by Gasteiger charge is -2.26. The number of nitrogens with zero attached hydrogens (tertiary/aromatic N) is 1. The number of carboxylic acid groups (broad SMARTS) is 1. The number of aromatic nitrogens is 1. The molecule has 0 spiro atoms. The lowest BCUT2D eigenvalue weighted by atomic mass is 9.79. The predicted octanol–water partition coefficient (Wildman–Crippen LogP) is 3.78. The highest BCUT2D eigenvalue weighted by Crippen LogP contribution is 2.32. The molecule has 3 rings (SSSR count). The second-order valence-electron chi connectivity index (χ2n) is 5.87. The Bertz CT molecular complexity index is 745. The molecule has 1 aliphatic rings. The standard InChI is InChI=1S/C17H17FN2O3S/c18-11-7-5-10(6-8-11)14-9-24-17(19-14)20-15(21)12-3-1-2-4-13(12)16(22)23/h5-9,12-13H,1-4H2,(H,22,23)(H,19,20,21)/t12-,13-/m0/s1. The van der Waals surface area contributed by atoms with E-state index in [2.05, 4.69) is 10.3 Å². The van der Waals surface area contributed by atoms with E-state index in [1.165, 1.54) is 23.5 Å². The molecule has 2 atom stereocenters. The van der Waals surface area contributed by atoms with Crippen molar-refractivity contribution in [3.63, 3.8) is 0 Å². The van der Waals surface area contributed by atoms with E-state index < -0.39 is 17.8 Å². The SMILES string of the molecule is O=C(O)[C@H]1CCCC[C@@H]1C(=O)Nc1nc(-c2ccc(F)cc2)cs1. The fourth-order valence-electron chi connectivity index (χ4n) is 3.02. The number of nitrogens with one attached hydrogen (secondary N) is 1. The van der Waals surface area contributed by atoms with E-state index in [1.807, 2.05) is 0 Å². The summed E-state index contributed by atoms with van der Waals surface area (Å²) in [5.74, 6) is -2.67. The highest BCUT2D eigenvalue weighted by atomic mass is 32.1. The minimum absolute atomic E-state index is 0.290. The van der Waals surface area contributed by atoms with Gasteiger partial charge in [-0.25, -0.2) is 9.37 Å². The summed E-state index contributed by atoms with van der Waals surface area (Å²) in [7, 11) is 0. The first-order valence-electron chi connectivity index (χ1n) is 7.80. The molecule has 126 valence electrons. The van der Waals surface area contributed by atoms with Crippen molar-refractivity contribution in [3.05, 3.63) is 35.5 Å². The van der Waals surface area contributed by atoms with E-state index in [-0.39, 0.29) is 11.7 Å². The average Bonchev–Trinajstić information content (AvgIpc) is 3.04. The summed E-state index contributed by atoms with van der Waals surface area (Å²) in [5.41, 5.74) is 1.41. The second kappa shape index (κ2) is 7.09. The Labute approximate surface area is 142 Å². The number of benzene rings is 1. The highest BCUT2D eigenvalue weighted by Gasteiger charge is 2.35. The summed E-state index contributed by atoms with van der Waals surface area (Å²) in [6, 6.07) is 5.95. The first-order chi connectivity index (χ1) is 11.5. The van der Waals surface area contributed by atoms with Gasteiger partial charge in [-0.1, -0.05) is 12.8 Å². The molecule has 24 heavy (non-hydrogen) atoms. The van der Waals surface area contributed by atoms with E-state index in [1.54, 1.807) is 17.5 Å². The molecule has 0 unspecified atom stereocenters. The number of aliphatic carboxylic acids is 1. The van der Waals surface area contributed by atoms with Crippen LogP contribution in [0.2, 0.25) is 0 Å². The number of carboxylic acids is 1. The number of carbonyl (C=O) groups excluding carboxylic acids is 1. The van der Waals surface area contributed by atoms with Gasteiger partial charge in [0.15, 0.2) is 5.13 Å². The number of halogens is 1. The van der Waals surface area contributed by atoms with Gasteiger partial charge in [0.25, 0.3) is 0 Å². The van der Waals surface area contributed by atoms with E-state index in [0.29, 0.717) is 23.7 Å². The predicted molar refractivity (Wildman–Crippen MR) is 89.2 cm³/mol. The van der Waals surface area contributed by atoms with Crippen molar-refractivity contribution in [1.82, 2.24) is 4.98 Å². The molecule has 1 saturated carbocycles. The van der Waals surface area contributed by atoms with Crippen molar-refractivity contribution in [3.8, 4) is 11.3 Å². The van der Waals surface area contributed by atoms with Gasteiger partial charge in [-0.3, -0.25) is 9.59 Å². The van der Waals surface area contributed by atoms with Crippen LogP contribution in [-0.4, -0.2) is 22.0 Å². The molecule has 0 saturated heterocycles. The number of carbonyl (C=O) groups is 2. The molecule has 5 nitrogen and oxygen atoms in total. The van der Waals surface area contributed by atoms with Crippen molar-refractivity contribution in [2.75, 3.05) is 5.32 Å². The summed E-state index contributed by atoms with van der Waals surface area (Å²) in [4.78, 5) is 28.1. The van der Waals surface area contributed by atoms with E-state index in [4.69, 9.17) is 0 Å². The molecular formula is C17H17FN2O3S. The highest BCUT2D eigenvalue weighted by molar-refractivity contribution is 7.14. The van der Waals surface area contributed by atoms with E-state index in [9.17, 15) is 19.1 Å². The molecule has 1 fully saturated rings. The van der Waals surface area contributed by atoms with Crippen LogP contribution in [-0.2, 0) is 9.59 Å². The fraction of sp³-hybridized carbons (Fsp3) is 0.353. The van der Waals surface area contributed by atoms with Gasteiger partial charge in [-0.2, -0.15) is 0 Å². The molecule has 1 aromatic carbocycles. The maximum absolute atomic E-state index is 13.0. The zero-order valence-corrected chi connectivity index (χ0v) is 13.7. The average molecular weight is 348 g/mol. The van der Waals surface area contributed by atoms with Crippen LogP contribution in [0, 0.1) is 17.7 Å². The molecule has 1 amide bonds. The van der Waals surface area contributed by atoms with Crippen molar-refractivity contribution in [2.24, 2.45) is 11.8 Å². The number of rotatable bonds is 4. The van der Waals surface area contributed by atoms with Crippen LogP contribution in [0.5, 0.6) is 0 Å². The van der Waals surface area contributed by atoms with Crippen LogP contribution in [0.4, 0.5) is 9.52 Å². The van der Waals surface area contributed by atoms with Crippen molar-refractivity contribution < 1.29 is 19.1 Å². The molecule has 1 aromatic heterocycles. The third-order valence-electron chi connectivity index (χ3n) is 4.29. The molecule has 0 radical (unpaired) electrons. The Morgan fingerprint density at radius 2 is 1.83 bits per heavy atom. The maximum Gasteiger partial charge on any atom is 0.307 e. The summed E-state index contributed by atoms with van der Waals surface area (Å²) in [6.07, 6.45) is 2.82. The lowest BCUT2D eigenvalue weighted by molar-refractivity contribution is -0.147. The number of anilines is 1. The first kappa shape index (κ1) is 16.6. The Kier molecular flexibility index (Phi) is 4.89. The fourth-order valence-corrected chi connectivity index (χ4v) is 3.75. The number of amides is 1. The van der Waals surface area contributed by atoms with Crippen molar-refractivity contribution >= 4 is 28.3 Å². The van der Waals surface area contributed by atoms with Gasteiger partial charge in [0.2, 0.25) is 5.91 Å². The van der Waals surface area contributed by atoms with E-state index >= 15 is 0 Å². The monoisotopic (exact) mass is 348 g/mol. The van der Waals surface area contributed by atoms with Gasteiger partial charge in [-0.05, 0) is 37.1 Å². The van der Waals surface area contributed by atoms with Gasteiger partial charge < -0.3 is 10.4 Å². The molecule has 2 N–H and O–H groups in total. The van der Waals surface area contributed by atoms with Crippen molar-refractivity contribution in [1.29, 1.82) is 0 Å². The van der Waals surface area contributed by atoms with Gasteiger partial charge in [0.1, 0.15) is 5.82 Å². The summed E-state index contributed by atoms with van der Waals surface area (Å²) in [5, 5.41) is 14.2. The third-order valence-corrected chi connectivity index (χ3v) is 5.05. The smallest absolute Gasteiger partial charge is 0.307 e. The minimum atomic E-state index is -0.916. The molecule has 0 aliphatic heterocycles. The minimum Gasteiger partial charge on any atom is -0.481 e. The first-order valence-corrected chi connectivity index (χ1v) is 8.67. The van der Waals surface area contributed by atoms with Crippen LogP contribution in [0.15, 0.2) is 29.6 Å². The Morgan fingerprint density at radius 1 is 1.17 bits per heavy atom. The van der Waals surface area contributed by atoms with Gasteiger partial charge in [-0.15, -0.1) is 11.3 Å². The molecule has 1 aliphatic carbocycles. The quantitative estimate of drug-likeness (QED) is 0.881. The molecule has 2 aromatic rings. The van der Waals surface area contributed by atoms with Crippen LogP contribution in [0.3, 0.4) is 0 Å². The largest absolute Gasteiger partial charge is 0.481 e. The molecule has 1 heterocycles. The third kappa shape index (κ3) is 3.62. The summed E-state index contributed by atoms with van der Waals surface area (Å²) >= 11 is 1.27. The zero-order valence-electron chi connectivity index (χ0n) is 12.9. The number of hydrogen-bond acceptors (Lipinski definition) is 4. The lowest BCUT2D eigenvalue weighted by Crippen LogP contribution is -2.36. The van der Waals surface area contributed by atoms with Gasteiger partial charge in [0, 0.05) is 10.9 Å². The Hall–Kier alpha value is -2.28. The second-order valence-corrected chi connectivity index (χ2v) is 6.73. The van der Waals surface area contributed by atoms with Crippen LogP contribution in [0.25, 0.3) is 11.3 Å². The molecular weight excluding hydrogens is 331 g/mol. The van der Waals surface area contributed by atoms with Crippen LogP contribution < -0.4 is 5.32 Å². The van der Waals surface area contributed by atoms with Gasteiger partial charge >= 0.3 is 5.97 Å². The number of hydrogen-bond donors (Lipinski definition) is 2. The maximum atomic E-state index is 13.0. The van der Waals surface area contributed by atoms with Gasteiger partial charge in [0.05, 0.1) is 17.5 Å². The molecule has 0 bridgehead atoms. The van der Waals surface area contributed by atoms with Crippen molar-refractivity contribution in [2.45, 2.75) is 25.7 Å². The zero-order chi connectivity index (χ0) is 17.1. The van der Waals surface area contributed by atoms with E-state index in [0.717, 1.165) is 18.4 Å². The summed E-state index contributed by atoms with van der Waals surface area (Å²) in [6.45, 7) is 0. The number of thiazole rings is 1. The topological polar surface area (TPSA) is 79.3 Å². The van der Waals surface area contributed by atoms with Crippen LogP contribution >= 0.6 is 11.3 Å². The Morgan fingerprint density at radius 3 is 2.50 bits per heavy atom. The summed E-state index contributed by atoms with van der Waals surface area (Å²) < 4.78 is 13.0. The Balaban J connectivity index is 1.70. The normalized spacial score (nSPS) is 20.5.